The molecule has 1 atom stereocenters. The minimum Gasteiger partial charge on any atom is -0.379 e. The number of carbonyl (C=O) groups excluding carboxylic acids is 1. The van der Waals surface area contributed by atoms with Crippen molar-refractivity contribution < 1.29 is 4.79 Å². The number of amides is 1. The Bertz CT molecular complexity index is 1390. The molecule has 2 aromatic heterocycles. The Kier molecular flexibility index (Phi) is 5.47. The molecular weight excluding hydrogens is 440 g/mol. The van der Waals surface area contributed by atoms with Crippen molar-refractivity contribution in [3.05, 3.63) is 99.8 Å². The Labute approximate surface area is 194 Å². The molecule has 0 aliphatic carbocycles. The highest BCUT2D eigenvalue weighted by atomic mass is 35.5. The number of allylic oxidation sites excluding steroid dienone is 2. The van der Waals surface area contributed by atoms with Gasteiger partial charge in [-0.1, -0.05) is 48.0 Å². The number of thiazole rings is 1. The molecule has 7 heteroatoms. The number of dihydropyridines is 1. The van der Waals surface area contributed by atoms with Crippen molar-refractivity contribution in [1.82, 2.24) is 15.3 Å². The van der Waals surface area contributed by atoms with Crippen molar-refractivity contribution in [2.45, 2.75) is 13.0 Å². The number of hydrogen-bond donors (Lipinski definition) is 2. The molecule has 4 aromatic rings. The van der Waals surface area contributed by atoms with Crippen molar-refractivity contribution in [2.75, 3.05) is 5.32 Å². The standard InChI is InChI=1S/C25H19ClN4OS/c1-15-23(32-25(29-15)21-8-4-5-12-27-21)24(31)30-17-9-10-20(26)19(14-17)22-18-7-3-2-6-16(18)11-13-28-22/h2-14,21,27H,1H3,(H,30,31). The maximum absolute atomic E-state index is 13.0. The van der Waals surface area contributed by atoms with Crippen LogP contribution in [0.3, 0.4) is 0 Å². The largest absolute Gasteiger partial charge is 0.379 e. The van der Waals surface area contributed by atoms with E-state index in [1.54, 1.807) is 18.3 Å². The first-order valence-corrected chi connectivity index (χ1v) is 11.3. The molecule has 5 nitrogen and oxygen atoms in total. The van der Waals surface area contributed by atoms with Crippen LogP contribution in [0.15, 0.2) is 79.2 Å². The average molecular weight is 459 g/mol. The number of fused-ring (bicyclic) bond motifs is 1. The van der Waals surface area contributed by atoms with Gasteiger partial charge in [0, 0.05) is 22.8 Å². The zero-order valence-electron chi connectivity index (χ0n) is 17.2. The maximum atomic E-state index is 13.0. The normalized spacial score (nSPS) is 15.0. The van der Waals surface area contributed by atoms with Gasteiger partial charge in [-0.3, -0.25) is 9.78 Å². The van der Waals surface area contributed by atoms with Crippen LogP contribution in [0.4, 0.5) is 5.69 Å². The Hall–Kier alpha value is -3.48. The van der Waals surface area contributed by atoms with E-state index in [2.05, 4.69) is 20.6 Å². The van der Waals surface area contributed by atoms with Crippen molar-refractivity contribution in [3.8, 4) is 11.3 Å². The first kappa shape index (κ1) is 20.4. The number of anilines is 1. The van der Waals surface area contributed by atoms with Gasteiger partial charge < -0.3 is 10.6 Å². The summed E-state index contributed by atoms with van der Waals surface area (Å²) in [5.41, 5.74) is 2.91. The van der Waals surface area contributed by atoms with Crippen LogP contribution < -0.4 is 10.6 Å². The minimum atomic E-state index is -0.194. The van der Waals surface area contributed by atoms with Gasteiger partial charge in [0.25, 0.3) is 5.91 Å². The summed E-state index contributed by atoms with van der Waals surface area (Å²) >= 11 is 7.91. The van der Waals surface area contributed by atoms with Crippen LogP contribution in [-0.4, -0.2) is 15.9 Å². The minimum absolute atomic E-state index is 0.0233. The lowest BCUT2D eigenvalue weighted by Crippen LogP contribution is -2.14. The fraction of sp³-hybridized carbons (Fsp3) is 0.0800. The first-order valence-electron chi connectivity index (χ1n) is 10.1. The quantitative estimate of drug-likeness (QED) is 0.377. The second kappa shape index (κ2) is 8.57. The van der Waals surface area contributed by atoms with Crippen molar-refractivity contribution in [2.24, 2.45) is 0 Å². The number of nitrogens with one attached hydrogen (secondary N) is 2. The summed E-state index contributed by atoms with van der Waals surface area (Å²) in [6.07, 6.45) is 9.55. The van der Waals surface area contributed by atoms with Gasteiger partial charge in [-0.15, -0.1) is 11.3 Å². The third-order valence-corrected chi connectivity index (χ3v) is 6.79. The predicted octanol–water partition coefficient (Wildman–Crippen LogP) is 6.29. The Morgan fingerprint density at radius 2 is 2.03 bits per heavy atom. The Balaban J connectivity index is 1.44. The number of rotatable bonds is 4. The van der Waals surface area contributed by atoms with Gasteiger partial charge >= 0.3 is 0 Å². The first-order chi connectivity index (χ1) is 15.6. The van der Waals surface area contributed by atoms with E-state index in [4.69, 9.17) is 11.6 Å². The summed E-state index contributed by atoms with van der Waals surface area (Å²) in [4.78, 5) is 22.8. The van der Waals surface area contributed by atoms with Crippen LogP contribution in [0.1, 0.15) is 26.4 Å². The van der Waals surface area contributed by atoms with Crippen molar-refractivity contribution in [1.29, 1.82) is 0 Å². The van der Waals surface area contributed by atoms with Gasteiger partial charge in [0.05, 0.1) is 22.5 Å². The lowest BCUT2D eigenvalue weighted by molar-refractivity contribution is 0.103. The molecule has 0 fully saturated rings. The van der Waals surface area contributed by atoms with Crippen LogP contribution in [0, 0.1) is 6.92 Å². The number of benzene rings is 2. The SMILES string of the molecule is Cc1nc(C2C=CC=CN2)sc1C(=O)Nc1ccc(Cl)c(-c2nccc3ccccc23)c1. The van der Waals surface area contributed by atoms with E-state index in [1.165, 1.54) is 11.3 Å². The van der Waals surface area contributed by atoms with Gasteiger partial charge in [0.2, 0.25) is 0 Å². The average Bonchev–Trinajstić information content (AvgIpc) is 3.22. The maximum Gasteiger partial charge on any atom is 0.267 e. The molecule has 3 heterocycles. The fourth-order valence-electron chi connectivity index (χ4n) is 3.67. The molecule has 32 heavy (non-hydrogen) atoms. The molecule has 0 bridgehead atoms. The number of carbonyl (C=O) groups is 1. The lowest BCUT2D eigenvalue weighted by atomic mass is 10.0. The molecule has 0 saturated heterocycles. The fourth-order valence-corrected chi connectivity index (χ4v) is 4.88. The topological polar surface area (TPSA) is 66.9 Å². The molecule has 2 aromatic carbocycles. The second-order valence-electron chi connectivity index (χ2n) is 7.38. The van der Waals surface area contributed by atoms with Crippen molar-refractivity contribution in [3.63, 3.8) is 0 Å². The van der Waals surface area contributed by atoms with Gasteiger partial charge in [0.1, 0.15) is 9.88 Å². The highest BCUT2D eigenvalue weighted by Gasteiger charge is 2.20. The molecule has 0 spiro atoms. The van der Waals surface area contributed by atoms with Gasteiger partial charge in [-0.25, -0.2) is 4.98 Å². The molecule has 2 N–H and O–H groups in total. The van der Waals surface area contributed by atoms with Gasteiger partial charge in [-0.05, 0) is 48.9 Å². The van der Waals surface area contributed by atoms with E-state index in [9.17, 15) is 4.79 Å². The van der Waals surface area contributed by atoms with Crippen molar-refractivity contribution >= 4 is 45.3 Å². The molecule has 1 unspecified atom stereocenters. The van der Waals surface area contributed by atoms with Crippen LogP contribution >= 0.6 is 22.9 Å². The Morgan fingerprint density at radius 1 is 1.16 bits per heavy atom. The molecule has 5 rings (SSSR count). The van der Waals surface area contributed by atoms with Crippen LogP contribution in [0.25, 0.3) is 22.0 Å². The van der Waals surface area contributed by atoms with E-state index in [1.807, 2.05) is 67.7 Å². The zero-order valence-corrected chi connectivity index (χ0v) is 18.7. The third kappa shape index (κ3) is 3.90. The Morgan fingerprint density at radius 3 is 2.88 bits per heavy atom. The summed E-state index contributed by atoms with van der Waals surface area (Å²) in [6.45, 7) is 1.85. The lowest BCUT2D eigenvalue weighted by Gasteiger charge is -2.12. The summed E-state index contributed by atoms with van der Waals surface area (Å²) in [6, 6.07) is 15.4. The molecule has 1 amide bonds. The summed E-state index contributed by atoms with van der Waals surface area (Å²) in [7, 11) is 0. The second-order valence-corrected chi connectivity index (χ2v) is 8.82. The van der Waals surface area contributed by atoms with E-state index >= 15 is 0 Å². The molecule has 158 valence electrons. The van der Waals surface area contributed by atoms with Crippen LogP contribution in [-0.2, 0) is 0 Å². The summed E-state index contributed by atoms with van der Waals surface area (Å²) < 4.78 is 0. The number of nitrogens with zero attached hydrogens (tertiary/aromatic N) is 2. The smallest absolute Gasteiger partial charge is 0.267 e. The summed E-state index contributed by atoms with van der Waals surface area (Å²) in [5.74, 6) is -0.194. The number of halogens is 1. The zero-order chi connectivity index (χ0) is 22.1. The third-order valence-electron chi connectivity index (χ3n) is 5.23. The highest BCUT2D eigenvalue weighted by Crippen LogP contribution is 2.34. The summed E-state index contributed by atoms with van der Waals surface area (Å²) in [5, 5.41) is 9.74. The molecule has 1 aliphatic heterocycles. The van der Waals surface area contributed by atoms with E-state index in [0.717, 1.165) is 27.0 Å². The van der Waals surface area contributed by atoms with Gasteiger partial charge in [-0.2, -0.15) is 0 Å². The molecular formula is C25H19ClN4OS. The molecule has 0 radical (unpaired) electrons. The molecule has 1 aliphatic rings. The van der Waals surface area contributed by atoms with E-state index in [0.29, 0.717) is 21.3 Å². The number of pyridine rings is 1. The molecule has 0 saturated carbocycles. The number of hydrogen-bond acceptors (Lipinski definition) is 5. The van der Waals surface area contributed by atoms with Crippen LogP contribution in [0.5, 0.6) is 0 Å². The highest BCUT2D eigenvalue weighted by molar-refractivity contribution is 7.14. The predicted molar refractivity (Wildman–Crippen MR) is 131 cm³/mol. The van der Waals surface area contributed by atoms with Gasteiger partial charge in [0.15, 0.2) is 0 Å². The van der Waals surface area contributed by atoms with Crippen LogP contribution in [0.2, 0.25) is 5.02 Å². The number of aromatic nitrogens is 2. The monoisotopic (exact) mass is 458 g/mol. The number of aryl methyl sites for hydroxylation is 1. The van der Waals surface area contributed by atoms with E-state index in [-0.39, 0.29) is 11.9 Å². The van der Waals surface area contributed by atoms with E-state index < -0.39 is 0 Å².